The number of nitrogens with zero attached hydrogens (tertiary/aromatic N) is 4. The van der Waals surface area contributed by atoms with E-state index in [2.05, 4.69) is 4.98 Å². The number of carbonyl (C=O) groups is 1. The van der Waals surface area contributed by atoms with E-state index in [1.165, 1.54) is 8.97 Å². The Balaban J connectivity index is 2.39. The van der Waals surface area contributed by atoms with Gasteiger partial charge in [0.25, 0.3) is 0 Å². The molecule has 0 spiro atoms. The predicted molar refractivity (Wildman–Crippen MR) is 66.2 cm³/mol. The van der Waals surface area contributed by atoms with Gasteiger partial charge in [-0.15, -0.1) is 0 Å². The highest BCUT2D eigenvalue weighted by atomic mass is 16.4. The number of nitriles is 1. The summed E-state index contributed by atoms with van der Waals surface area (Å²) in [7, 11) is 0. The maximum Gasteiger partial charge on any atom is 0.356 e. The van der Waals surface area contributed by atoms with E-state index in [1.807, 2.05) is 6.07 Å². The van der Waals surface area contributed by atoms with Crippen molar-refractivity contribution in [3.8, 4) is 11.9 Å². The van der Waals surface area contributed by atoms with E-state index in [0.717, 1.165) is 0 Å². The number of hydrogen-bond acceptors (Lipinski definition) is 3. The van der Waals surface area contributed by atoms with Crippen LogP contribution < -0.4 is 0 Å². The second-order valence-corrected chi connectivity index (χ2v) is 3.89. The molecule has 92 valence electrons. The third kappa shape index (κ3) is 1.57. The van der Waals surface area contributed by atoms with Crippen molar-refractivity contribution in [2.45, 2.75) is 0 Å². The molecule has 0 aromatic carbocycles. The fourth-order valence-corrected chi connectivity index (χ4v) is 2.01. The van der Waals surface area contributed by atoms with Crippen molar-refractivity contribution in [2.75, 3.05) is 0 Å². The Bertz CT molecular complexity index is 823. The smallest absolute Gasteiger partial charge is 0.356 e. The van der Waals surface area contributed by atoms with E-state index in [1.54, 1.807) is 42.7 Å². The minimum atomic E-state index is -1.09. The first-order chi connectivity index (χ1) is 9.22. The molecule has 0 bridgehead atoms. The second kappa shape index (κ2) is 3.99. The van der Waals surface area contributed by atoms with E-state index >= 15 is 0 Å². The molecule has 1 N–H and O–H groups in total. The maximum absolute atomic E-state index is 11.4. The number of pyridine rings is 1. The van der Waals surface area contributed by atoms with Gasteiger partial charge in [-0.3, -0.25) is 8.97 Å². The molecular formula is C13H8N4O2. The first kappa shape index (κ1) is 11.0. The van der Waals surface area contributed by atoms with Gasteiger partial charge in [-0.1, -0.05) is 6.07 Å². The van der Waals surface area contributed by atoms with Gasteiger partial charge in [0, 0.05) is 12.4 Å². The highest BCUT2D eigenvalue weighted by molar-refractivity contribution is 5.91. The summed E-state index contributed by atoms with van der Waals surface area (Å²) in [5.41, 5.74) is 0.890. The molecule has 6 nitrogen and oxygen atoms in total. The Morgan fingerprint density at radius 2 is 2.11 bits per heavy atom. The van der Waals surface area contributed by atoms with Gasteiger partial charge in [0.2, 0.25) is 0 Å². The second-order valence-electron chi connectivity index (χ2n) is 3.89. The lowest BCUT2D eigenvalue weighted by molar-refractivity contribution is 0.0689. The van der Waals surface area contributed by atoms with Gasteiger partial charge in [-0.2, -0.15) is 5.26 Å². The lowest BCUT2D eigenvalue weighted by atomic mass is 10.4. The zero-order valence-electron chi connectivity index (χ0n) is 9.69. The van der Waals surface area contributed by atoms with Gasteiger partial charge in [-0.25, -0.2) is 9.78 Å². The summed E-state index contributed by atoms with van der Waals surface area (Å²) in [6.45, 7) is 0. The van der Waals surface area contributed by atoms with Gasteiger partial charge < -0.3 is 5.11 Å². The molecule has 0 atom stereocenters. The van der Waals surface area contributed by atoms with Crippen molar-refractivity contribution in [3.05, 3.63) is 54.1 Å². The molecule has 0 radical (unpaired) electrons. The number of aromatic nitrogens is 3. The largest absolute Gasteiger partial charge is 0.476 e. The molecule has 0 aliphatic carbocycles. The molecule has 0 saturated carbocycles. The number of carboxylic acids is 1. The van der Waals surface area contributed by atoms with Crippen LogP contribution in [0.5, 0.6) is 0 Å². The molecule has 0 amide bonds. The number of hydrogen-bond donors (Lipinski definition) is 1. The third-order valence-electron chi connectivity index (χ3n) is 2.81. The van der Waals surface area contributed by atoms with Gasteiger partial charge in [0.15, 0.2) is 11.5 Å². The third-order valence-corrected chi connectivity index (χ3v) is 2.81. The van der Waals surface area contributed by atoms with E-state index in [9.17, 15) is 9.90 Å². The van der Waals surface area contributed by atoms with Crippen molar-refractivity contribution in [3.63, 3.8) is 0 Å². The van der Waals surface area contributed by atoms with Gasteiger partial charge >= 0.3 is 5.97 Å². The molecule has 3 aromatic rings. The molecule has 0 aliphatic rings. The summed E-state index contributed by atoms with van der Waals surface area (Å²) in [4.78, 5) is 15.7. The van der Waals surface area contributed by atoms with Crippen molar-refractivity contribution >= 4 is 11.6 Å². The van der Waals surface area contributed by atoms with Crippen LogP contribution in [0.25, 0.3) is 11.5 Å². The Hall–Kier alpha value is -3.07. The quantitative estimate of drug-likeness (QED) is 0.752. The van der Waals surface area contributed by atoms with Crippen molar-refractivity contribution in [1.29, 1.82) is 5.26 Å². The van der Waals surface area contributed by atoms with Crippen LogP contribution in [0, 0.1) is 11.3 Å². The van der Waals surface area contributed by atoms with Crippen LogP contribution in [0.4, 0.5) is 0 Å². The van der Waals surface area contributed by atoms with Crippen LogP contribution in [-0.4, -0.2) is 25.0 Å². The Morgan fingerprint density at radius 1 is 1.26 bits per heavy atom. The molecule has 19 heavy (non-hydrogen) atoms. The van der Waals surface area contributed by atoms with Gasteiger partial charge in [0.1, 0.15) is 17.4 Å². The van der Waals surface area contributed by atoms with Crippen molar-refractivity contribution in [1.82, 2.24) is 14.0 Å². The average Bonchev–Trinajstić information content (AvgIpc) is 3.01. The molecule has 3 heterocycles. The Kier molecular flexibility index (Phi) is 2.32. The molecule has 0 aliphatic heterocycles. The summed E-state index contributed by atoms with van der Waals surface area (Å²) in [6.07, 6.45) is 3.25. The number of carboxylic acid groups (broad SMARTS) is 1. The van der Waals surface area contributed by atoms with Crippen molar-refractivity contribution < 1.29 is 9.90 Å². The minimum Gasteiger partial charge on any atom is -0.476 e. The summed E-state index contributed by atoms with van der Waals surface area (Å²) in [5, 5.41) is 18.4. The van der Waals surface area contributed by atoms with Crippen LogP contribution in [0.1, 0.15) is 16.2 Å². The average molecular weight is 252 g/mol. The van der Waals surface area contributed by atoms with Gasteiger partial charge in [0.05, 0.1) is 0 Å². The van der Waals surface area contributed by atoms with Gasteiger partial charge in [-0.05, 0) is 24.3 Å². The molecule has 3 aromatic heterocycles. The Morgan fingerprint density at radius 3 is 2.84 bits per heavy atom. The monoisotopic (exact) mass is 252 g/mol. The maximum atomic E-state index is 11.4. The first-order valence-corrected chi connectivity index (χ1v) is 5.50. The molecular weight excluding hydrogens is 244 g/mol. The number of rotatable bonds is 2. The van der Waals surface area contributed by atoms with Crippen LogP contribution >= 0.6 is 0 Å². The number of fused-ring (bicyclic) bond motifs is 1. The van der Waals surface area contributed by atoms with Crippen LogP contribution in [-0.2, 0) is 0 Å². The number of imidazole rings is 1. The first-order valence-electron chi connectivity index (χ1n) is 5.50. The highest BCUT2D eigenvalue weighted by Crippen LogP contribution is 2.19. The fourth-order valence-electron chi connectivity index (χ4n) is 2.01. The summed E-state index contributed by atoms with van der Waals surface area (Å²) in [5.74, 6) is -0.855. The molecule has 6 heteroatoms. The predicted octanol–water partition coefficient (Wildman–Crippen LogP) is 1.69. The molecule has 0 fully saturated rings. The Labute approximate surface area is 107 Å². The SMILES string of the molecule is N#Cc1cccn1-c1nc2ccccn2c1C(=O)O. The standard InChI is InChI=1S/C13H8N4O2/c14-8-9-4-3-7-16(9)12-11(13(18)19)17-6-2-1-5-10(17)15-12/h1-7H,(H,18,19). The van der Waals surface area contributed by atoms with E-state index in [-0.39, 0.29) is 11.5 Å². The lowest BCUT2D eigenvalue weighted by Crippen LogP contribution is -2.07. The lowest BCUT2D eigenvalue weighted by Gasteiger charge is -2.02. The molecule has 3 rings (SSSR count). The molecule has 0 saturated heterocycles. The topological polar surface area (TPSA) is 83.3 Å². The summed E-state index contributed by atoms with van der Waals surface area (Å²) in [6, 6.07) is 10.5. The summed E-state index contributed by atoms with van der Waals surface area (Å²) >= 11 is 0. The van der Waals surface area contributed by atoms with E-state index in [4.69, 9.17) is 5.26 Å². The normalized spacial score (nSPS) is 10.5. The van der Waals surface area contributed by atoms with Crippen molar-refractivity contribution in [2.24, 2.45) is 0 Å². The van der Waals surface area contributed by atoms with Crippen LogP contribution in [0.15, 0.2) is 42.7 Å². The minimum absolute atomic E-state index is 0.0308. The number of aromatic carboxylic acids is 1. The molecule has 0 unspecified atom stereocenters. The van der Waals surface area contributed by atoms with Crippen LogP contribution in [0.3, 0.4) is 0 Å². The zero-order chi connectivity index (χ0) is 13.4. The fraction of sp³-hybridized carbons (Fsp3) is 0. The van der Waals surface area contributed by atoms with Crippen LogP contribution in [0.2, 0.25) is 0 Å². The summed E-state index contributed by atoms with van der Waals surface area (Å²) < 4.78 is 2.95. The van der Waals surface area contributed by atoms with E-state index < -0.39 is 5.97 Å². The zero-order valence-corrected chi connectivity index (χ0v) is 9.69. The van der Waals surface area contributed by atoms with E-state index in [0.29, 0.717) is 11.3 Å². The highest BCUT2D eigenvalue weighted by Gasteiger charge is 2.20.